The van der Waals surface area contributed by atoms with Gasteiger partial charge in [-0.25, -0.2) is 8.78 Å². The molecule has 0 spiro atoms. The van der Waals surface area contributed by atoms with E-state index in [9.17, 15) is 27.1 Å². The largest absolute Gasteiger partial charge is 0.508 e. The standard InChI is InChI=1S/C18H9F5N4O2/c19-12-7-11(9-2-1-3-10(28)6-9)14(8-13(12)20)29-16-5-4-15-24-25-17(18(21,22)23)27(15)26-16/h1-8,28H. The number of hydrogen-bond donors (Lipinski definition) is 1. The lowest BCUT2D eigenvalue weighted by molar-refractivity contribution is -0.146. The molecule has 0 saturated heterocycles. The maximum atomic E-state index is 13.8. The van der Waals surface area contributed by atoms with Gasteiger partial charge in [0.25, 0.3) is 5.82 Å². The van der Waals surface area contributed by atoms with Crippen molar-refractivity contribution in [1.82, 2.24) is 19.8 Å². The molecule has 0 aliphatic carbocycles. The van der Waals surface area contributed by atoms with Gasteiger partial charge in [0.2, 0.25) is 5.88 Å². The first-order chi connectivity index (χ1) is 13.7. The van der Waals surface area contributed by atoms with Gasteiger partial charge in [0.1, 0.15) is 11.5 Å². The molecular weight excluding hydrogens is 399 g/mol. The lowest BCUT2D eigenvalue weighted by Gasteiger charge is -2.12. The maximum Gasteiger partial charge on any atom is 0.453 e. The minimum atomic E-state index is -4.81. The third-order valence-corrected chi connectivity index (χ3v) is 3.89. The summed E-state index contributed by atoms with van der Waals surface area (Å²) in [6, 6.07) is 9.62. The summed E-state index contributed by atoms with van der Waals surface area (Å²) in [5.74, 6) is -4.45. The van der Waals surface area contributed by atoms with Crippen molar-refractivity contribution in [2.24, 2.45) is 0 Å². The van der Waals surface area contributed by atoms with Gasteiger partial charge in [0.05, 0.1) is 0 Å². The summed E-state index contributed by atoms with van der Waals surface area (Å²) in [6.07, 6.45) is -4.81. The molecule has 2 aromatic heterocycles. The van der Waals surface area contributed by atoms with E-state index < -0.39 is 23.6 Å². The smallest absolute Gasteiger partial charge is 0.453 e. The molecular formula is C18H9F5N4O2. The van der Waals surface area contributed by atoms with E-state index in [2.05, 4.69) is 15.3 Å². The van der Waals surface area contributed by atoms with E-state index >= 15 is 0 Å². The molecule has 4 aromatic rings. The first-order valence-electron chi connectivity index (χ1n) is 7.98. The molecule has 0 aliphatic rings. The number of rotatable bonds is 3. The van der Waals surface area contributed by atoms with Gasteiger partial charge in [0, 0.05) is 17.7 Å². The molecule has 0 bridgehead atoms. The van der Waals surface area contributed by atoms with Gasteiger partial charge in [-0.3, -0.25) is 0 Å². The van der Waals surface area contributed by atoms with Gasteiger partial charge in [0.15, 0.2) is 17.3 Å². The van der Waals surface area contributed by atoms with E-state index in [-0.39, 0.29) is 28.6 Å². The summed E-state index contributed by atoms with van der Waals surface area (Å²) in [6.45, 7) is 0. The fraction of sp³-hybridized carbons (Fsp3) is 0.0556. The monoisotopic (exact) mass is 408 g/mol. The minimum Gasteiger partial charge on any atom is -0.508 e. The van der Waals surface area contributed by atoms with Crippen LogP contribution in [0.2, 0.25) is 0 Å². The SMILES string of the molecule is Oc1cccc(-c2cc(F)c(F)cc2Oc2ccc3nnc(C(F)(F)F)n3n2)c1. The first-order valence-corrected chi connectivity index (χ1v) is 7.98. The average Bonchev–Trinajstić information content (AvgIpc) is 3.08. The molecule has 11 heteroatoms. The molecule has 0 saturated carbocycles. The number of aromatic hydroxyl groups is 1. The fourth-order valence-corrected chi connectivity index (χ4v) is 2.63. The van der Waals surface area contributed by atoms with Gasteiger partial charge in [-0.05, 0) is 29.8 Å². The summed E-state index contributed by atoms with van der Waals surface area (Å²) in [5.41, 5.74) is 0.171. The lowest BCUT2D eigenvalue weighted by Crippen LogP contribution is -2.12. The predicted octanol–water partition coefficient (Wildman–Crippen LogP) is 4.59. The van der Waals surface area contributed by atoms with Crippen molar-refractivity contribution in [3.05, 3.63) is 66.0 Å². The second kappa shape index (κ2) is 6.69. The zero-order valence-electron chi connectivity index (χ0n) is 14.2. The summed E-state index contributed by atoms with van der Waals surface area (Å²) in [5, 5.41) is 19.7. The third kappa shape index (κ3) is 3.53. The molecule has 6 nitrogen and oxygen atoms in total. The molecule has 0 radical (unpaired) electrons. The van der Waals surface area contributed by atoms with Crippen LogP contribution >= 0.6 is 0 Å². The second-order valence-corrected chi connectivity index (χ2v) is 5.88. The van der Waals surface area contributed by atoms with Crippen LogP contribution in [-0.4, -0.2) is 24.9 Å². The van der Waals surface area contributed by atoms with Gasteiger partial charge >= 0.3 is 6.18 Å². The van der Waals surface area contributed by atoms with Crippen molar-refractivity contribution >= 4 is 5.65 Å². The number of ether oxygens (including phenoxy) is 1. The molecule has 29 heavy (non-hydrogen) atoms. The Morgan fingerprint density at radius 2 is 1.69 bits per heavy atom. The lowest BCUT2D eigenvalue weighted by atomic mass is 10.0. The van der Waals surface area contributed by atoms with Gasteiger partial charge in [-0.2, -0.15) is 17.7 Å². The molecule has 0 fully saturated rings. The fourth-order valence-electron chi connectivity index (χ4n) is 2.63. The van der Waals surface area contributed by atoms with E-state index in [1.165, 1.54) is 36.4 Å². The summed E-state index contributed by atoms with van der Waals surface area (Å²) in [7, 11) is 0. The molecule has 0 unspecified atom stereocenters. The summed E-state index contributed by atoms with van der Waals surface area (Å²) >= 11 is 0. The van der Waals surface area contributed by atoms with Crippen LogP contribution in [0.15, 0.2) is 48.5 Å². The Morgan fingerprint density at radius 1 is 0.931 bits per heavy atom. The minimum absolute atomic E-state index is 0.0569. The highest BCUT2D eigenvalue weighted by atomic mass is 19.4. The predicted molar refractivity (Wildman–Crippen MR) is 89.3 cm³/mol. The molecule has 0 aliphatic heterocycles. The normalized spacial score (nSPS) is 11.8. The van der Waals surface area contributed by atoms with E-state index in [1.807, 2.05) is 0 Å². The maximum absolute atomic E-state index is 13.8. The highest BCUT2D eigenvalue weighted by molar-refractivity contribution is 5.72. The first kappa shape index (κ1) is 18.6. The summed E-state index contributed by atoms with van der Waals surface area (Å²) < 4.78 is 72.5. The Hall–Kier alpha value is -3.76. The Morgan fingerprint density at radius 3 is 2.41 bits per heavy atom. The number of nitrogens with zero attached hydrogens (tertiary/aromatic N) is 4. The zero-order valence-corrected chi connectivity index (χ0v) is 14.2. The Kier molecular flexibility index (Phi) is 4.29. The molecule has 148 valence electrons. The molecule has 0 amide bonds. The van der Waals surface area contributed by atoms with Crippen LogP contribution in [0.5, 0.6) is 17.4 Å². The molecule has 2 heterocycles. The van der Waals surface area contributed by atoms with Crippen LogP contribution in [0.1, 0.15) is 5.82 Å². The third-order valence-electron chi connectivity index (χ3n) is 3.89. The quantitative estimate of drug-likeness (QED) is 0.502. The number of fused-ring (bicyclic) bond motifs is 1. The Labute approximate surface area is 158 Å². The van der Waals surface area contributed by atoms with Crippen molar-refractivity contribution in [2.75, 3.05) is 0 Å². The molecule has 1 N–H and O–H groups in total. The average molecular weight is 408 g/mol. The highest BCUT2D eigenvalue weighted by Crippen LogP contribution is 2.36. The van der Waals surface area contributed by atoms with Crippen LogP contribution < -0.4 is 4.74 Å². The van der Waals surface area contributed by atoms with Gasteiger partial charge in [-0.15, -0.1) is 15.3 Å². The number of hydrogen-bond acceptors (Lipinski definition) is 5. The van der Waals surface area contributed by atoms with Gasteiger partial charge < -0.3 is 9.84 Å². The van der Waals surface area contributed by atoms with E-state index in [1.54, 1.807) is 0 Å². The molecule has 0 atom stereocenters. The number of alkyl halides is 3. The molecule has 4 rings (SSSR count). The number of phenolic OH excluding ortho intramolecular Hbond substituents is 1. The Bertz CT molecular complexity index is 1220. The Balaban J connectivity index is 1.81. The summed E-state index contributed by atoms with van der Waals surface area (Å²) in [4.78, 5) is 0. The highest BCUT2D eigenvalue weighted by Gasteiger charge is 2.37. The van der Waals surface area contributed by atoms with Crippen LogP contribution in [0.25, 0.3) is 16.8 Å². The van der Waals surface area contributed by atoms with Crippen molar-refractivity contribution in [3.63, 3.8) is 0 Å². The van der Waals surface area contributed by atoms with Crippen LogP contribution in [0.3, 0.4) is 0 Å². The van der Waals surface area contributed by atoms with Crippen molar-refractivity contribution in [1.29, 1.82) is 0 Å². The van der Waals surface area contributed by atoms with Crippen LogP contribution in [-0.2, 0) is 6.18 Å². The zero-order chi connectivity index (χ0) is 20.8. The van der Waals surface area contributed by atoms with Crippen LogP contribution in [0, 0.1) is 11.6 Å². The van der Waals surface area contributed by atoms with Crippen molar-refractivity contribution in [3.8, 4) is 28.5 Å². The van der Waals surface area contributed by atoms with Gasteiger partial charge in [-0.1, -0.05) is 12.1 Å². The number of aromatic nitrogens is 4. The van der Waals surface area contributed by atoms with Crippen molar-refractivity contribution in [2.45, 2.75) is 6.18 Å². The van der Waals surface area contributed by atoms with E-state index in [0.29, 0.717) is 10.1 Å². The van der Waals surface area contributed by atoms with E-state index in [0.717, 1.165) is 12.1 Å². The molecule has 2 aromatic carbocycles. The van der Waals surface area contributed by atoms with E-state index in [4.69, 9.17) is 4.74 Å². The topological polar surface area (TPSA) is 72.5 Å². The van der Waals surface area contributed by atoms with Crippen molar-refractivity contribution < 1.29 is 31.8 Å². The number of halogens is 5. The number of phenols is 1. The second-order valence-electron chi connectivity index (χ2n) is 5.88. The number of benzene rings is 2. The van der Waals surface area contributed by atoms with Crippen LogP contribution in [0.4, 0.5) is 22.0 Å².